The molecule has 3 rings (SSSR count). The van der Waals surface area contributed by atoms with Crippen LogP contribution in [0.15, 0.2) is 18.6 Å². The third-order valence-electron chi connectivity index (χ3n) is 3.59. The molecule has 2 aromatic rings. The second kappa shape index (κ2) is 5.40. The zero-order chi connectivity index (χ0) is 13.9. The number of aromatic amines is 1. The number of fused-ring (bicyclic) bond motifs is 1. The van der Waals surface area contributed by atoms with Crippen LogP contribution in [0.5, 0.6) is 0 Å². The van der Waals surface area contributed by atoms with Crippen LogP contribution < -0.4 is 5.32 Å². The van der Waals surface area contributed by atoms with Crippen molar-refractivity contribution in [3.63, 3.8) is 0 Å². The van der Waals surface area contributed by atoms with Crippen LogP contribution >= 0.6 is 0 Å². The van der Waals surface area contributed by atoms with Crippen molar-refractivity contribution >= 4 is 5.91 Å². The first kappa shape index (κ1) is 12.8. The summed E-state index contributed by atoms with van der Waals surface area (Å²) in [6.45, 7) is 2.37. The molecule has 2 N–H and O–H groups in total. The van der Waals surface area contributed by atoms with Gasteiger partial charge in [0.15, 0.2) is 0 Å². The highest BCUT2D eigenvalue weighted by Crippen LogP contribution is 2.23. The highest BCUT2D eigenvalue weighted by atomic mass is 16.1. The van der Waals surface area contributed by atoms with Gasteiger partial charge in [-0.3, -0.25) is 14.8 Å². The number of nitrogens with zero attached hydrogens (tertiary/aromatic N) is 3. The maximum atomic E-state index is 12.2. The Labute approximate surface area is 117 Å². The van der Waals surface area contributed by atoms with Crippen LogP contribution in [0.1, 0.15) is 29.3 Å². The molecule has 104 valence electrons. The summed E-state index contributed by atoms with van der Waals surface area (Å²) in [6, 6.07) is 0. The first-order valence-electron chi connectivity index (χ1n) is 6.79. The molecule has 1 unspecified atom stereocenters. The Morgan fingerprint density at radius 1 is 1.50 bits per heavy atom. The standard InChI is InChI=1S/C14H17N5O/c1-9-18-12-3-2-10(6-13(12)19-9)14(20)17-8-11-7-15-4-5-16-11/h4-5,7,10H,2-3,6,8H2,1H3,(H,17,20)(H,18,19). The number of hydrogen-bond donors (Lipinski definition) is 2. The van der Waals surface area contributed by atoms with Gasteiger partial charge in [0.25, 0.3) is 0 Å². The number of carbonyl (C=O) groups is 1. The minimum absolute atomic E-state index is 0.0130. The van der Waals surface area contributed by atoms with E-state index in [9.17, 15) is 4.79 Å². The zero-order valence-corrected chi connectivity index (χ0v) is 11.4. The highest BCUT2D eigenvalue weighted by Gasteiger charge is 2.26. The number of H-pyrrole nitrogens is 1. The molecule has 1 aliphatic carbocycles. The van der Waals surface area contributed by atoms with Crippen LogP contribution in [0.4, 0.5) is 0 Å². The van der Waals surface area contributed by atoms with Gasteiger partial charge in [-0.2, -0.15) is 0 Å². The molecule has 0 fully saturated rings. The van der Waals surface area contributed by atoms with E-state index in [4.69, 9.17) is 0 Å². The van der Waals surface area contributed by atoms with Crippen molar-refractivity contribution in [2.45, 2.75) is 32.7 Å². The van der Waals surface area contributed by atoms with Gasteiger partial charge in [0.1, 0.15) is 5.82 Å². The van der Waals surface area contributed by atoms with E-state index in [0.29, 0.717) is 6.54 Å². The highest BCUT2D eigenvalue weighted by molar-refractivity contribution is 5.79. The summed E-state index contributed by atoms with van der Waals surface area (Å²) in [5, 5.41) is 2.93. The number of carbonyl (C=O) groups excluding carboxylic acids is 1. The number of imidazole rings is 1. The fraction of sp³-hybridized carbons (Fsp3) is 0.429. The van der Waals surface area contributed by atoms with Crippen LogP contribution in [0.2, 0.25) is 0 Å². The molecule has 2 heterocycles. The average Bonchev–Trinajstić information content (AvgIpc) is 2.85. The quantitative estimate of drug-likeness (QED) is 0.870. The molecule has 2 aromatic heterocycles. The molecular formula is C14H17N5O. The van der Waals surface area contributed by atoms with E-state index in [2.05, 4.69) is 25.3 Å². The molecule has 0 spiro atoms. The third-order valence-corrected chi connectivity index (χ3v) is 3.59. The Kier molecular flexibility index (Phi) is 3.45. The Bertz CT molecular complexity index is 607. The molecule has 1 atom stereocenters. The summed E-state index contributed by atoms with van der Waals surface area (Å²) in [7, 11) is 0. The van der Waals surface area contributed by atoms with Crippen LogP contribution in [-0.4, -0.2) is 25.8 Å². The second-order valence-electron chi connectivity index (χ2n) is 5.10. The minimum atomic E-state index is 0.0130. The van der Waals surface area contributed by atoms with Crippen LogP contribution in [-0.2, 0) is 24.2 Å². The molecule has 0 bridgehead atoms. The van der Waals surface area contributed by atoms with Gasteiger partial charge in [-0.25, -0.2) is 4.98 Å². The first-order chi connectivity index (χ1) is 9.72. The summed E-state index contributed by atoms with van der Waals surface area (Å²) >= 11 is 0. The normalized spacial score (nSPS) is 17.6. The molecule has 0 saturated carbocycles. The Morgan fingerprint density at radius 2 is 2.40 bits per heavy atom. The molecule has 0 saturated heterocycles. The number of amides is 1. The maximum Gasteiger partial charge on any atom is 0.223 e. The van der Waals surface area contributed by atoms with E-state index in [1.807, 2.05) is 6.92 Å². The fourth-order valence-corrected chi connectivity index (χ4v) is 2.59. The molecule has 6 heteroatoms. The summed E-state index contributed by atoms with van der Waals surface area (Å²) < 4.78 is 0. The summed E-state index contributed by atoms with van der Waals surface area (Å²) in [5.74, 6) is 1.02. The van der Waals surface area contributed by atoms with Crippen molar-refractivity contribution in [2.75, 3.05) is 0 Å². The lowest BCUT2D eigenvalue weighted by atomic mass is 9.89. The Balaban J connectivity index is 1.59. The predicted molar refractivity (Wildman–Crippen MR) is 72.7 cm³/mol. The van der Waals surface area contributed by atoms with Gasteiger partial charge in [0, 0.05) is 30.4 Å². The van der Waals surface area contributed by atoms with E-state index in [1.54, 1.807) is 18.6 Å². The van der Waals surface area contributed by atoms with Gasteiger partial charge in [0.05, 0.1) is 24.1 Å². The lowest BCUT2D eigenvalue weighted by Crippen LogP contribution is -2.34. The van der Waals surface area contributed by atoms with E-state index >= 15 is 0 Å². The lowest BCUT2D eigenvalue weighted by molar-refractivity contribution is -0.125. The van der Waals surface area contributed by atoms with Gasteiger partial charge in [0.2, 0.25) is 5.91 Å². The van der Waals surface area contributed by atoms with Crippen LogP contribution in [0.25, 0.3) is 0 Å². The second-order valence-corrected chi connectivity index (χ2v) is 5.10. The Hall–Kier alpha value is -2.24. The summed E-state index contributed by atoms with van der Waals surface area (Å²) in [4.78, 5) is 28.0. The van der Waals surface area contributed by atoms with Crippen molar-refractivity contribution in [1.29, 1.82) is 0 Å². The van der Waals surface area contributed by atoms with Crippen molar-refractivity contribution in [3.05, 3.63) is 41.5 Å². The van der Waals surface area contributed by atoms with E-state index in [-0.39, 0.29) is 11.8 Å². The largest absolute Gasteiger partial charge is 0.350 e. The zero-order valence-electron chi connectivity index (χ0n) is 11.4. The molecule has 0 aromatic carbocycles. The predicted octanol–water partition coefficient (Wildman–Crippen LogP) is 0.929. The van der Waals surface area contributed by atoms with Gasteiger partial charge in [-0.1, -0.05) is 0 Å². The number of rotatable bonds is 3. The molecule has 1 aliphatic rings. The molecular weight excluding hydrogens is 254 g/mol. The number of nitrogens with one attached hydrogen (secondary N) is 2. The van der Waals surface area contributed by atoms with Gasteiger partial charge >= 0.3 is 0 Å². The smallest absolute Gasteiger partial charge is 0.223 e. The third kappa shape index (κ3) is 2.68. The maximum absolute atomic E-state index is 12.2. The Morgan fingerprint density at radius 3 is 3.20 bits per heavy atom. The van der Waals surface area contributed by atoms with E-state index in [1.165, 1.54) is 0 Å². The summed E-state index contributed by atoms with van der Waals surface area (Å²) in [6.07, 6.45) is 7.36. The molecule has 20 heavy (non-hydrogen) atoms. The van der Waals surface area contributed by atoms with Gasteiger partial charge in [-0.05, 0) is 19.8 Å². The van der Waals surface area contributed by atoms with Crippen molar-refractivity contribution in [1.82, 2.24) is 25.3 Å². The fourth-order valence-electron chi connectivity index (χ4n) is 2.59. The van der Waals surface area contributed by atoms with Gasteiger partial charge in [-0.15, -0.1) is 0 Å². The SMILES string of the molecule is Cc1nc2c([nH]1)CC(C(=O)NCc1cnccn1)CC2. The average molecular weight is 271 g/mol. The molecule has 6 nitrogen and oxygen atoms in total. The lowest BCUT2D eigenvalue weighted by Gasteiger charge is -2.20. The van der Waals surface area contributed by atoms with Crippen LogP contribution in [0.3, 0.4) is 0 Å². The number of hydrogen-bond acceptors (Lipinski definition) is 4. The molecule has 0 radical (unpaired) electrons. The molecule has 1 amide bonds. The minimum Gasteiger partial charge on any atom is -0.350 e. The van der Waals surface area contributed by atoms with Crippen LogP contribution in [0, 0.1) is 12.8 Å². The topological polar surface area (TPSA) is 83.6 Å². The van der Waals surface area contributed by atoms with E-state index < -0.39 is 0 Å². The van der Waals surface area contributed by atoms with Crippen molar-refractivity contribution in [3.8, 4) is 0 Å². The van der Waals surface area contributed by atoms with Crippen molar-refractivity contribution in [2.24, 2.45) is 5.92 Å². The summed E-state index contributed by atoms with van der Waals surface area (Å²) in [5.41, 5.74) is 2.99. The monoisotopic (exact) mass is 271 g/mol. The van der Waals surface area contributed by atoms with Crippen molar-refractivity contribution < 1.29 is 4.79 Å². The number of aromatic nitrogens is 4. The van der Waals surface area contributed by atoms with Gasteiger partial charge < -0.3 is 10.3 Å². The first-order valence-corrected chi connectivity index (χ1v) is 6.79. The van der Waals surface area contributed by atoms with E-state index in [0.717, 1.165) is 42.2 Å². The number of aryl methyl sites for hydroxylation is 2. The molecule has 0 aliphatic heterocycles.